The molecule has 4 unspecified atom stereocenters. The maximum Gasteiger partial charge on any atom is 0.123 e. The van der Waals surface area contributed by atoms with Gasteiger partial charge in [0.1, 0.15) is 6.29 Å². The third-order valence-corrected chi connectivity index (χ3v) is 7.44. The number of unbranched alkanes of at least 4 members (excludes halogenated alkanes) is 6. The molecule has 0 amide bonds. The lowest BCUT2D eigenvalue weighted by atomic mass is 9.77. The summed E-state index contributed by atoms with van der Waals surface area (Å²) < 4.78 is 0. The van der Waals surface area contributed by atoms with Gasteiger partial charge in [-0.2, -0.15) is 0 Å². The van der Waals surface area contributed by atoms with Crippen LogP contribution >= 0.6 is 0 Å². The van der Waals surface area contributed by atoms with Gasteiger partial charge < -0.3 is 4.79 Å². The fourth-order valence-corrected chi connectivity index (χ4v) is 5.74. The molecule has 0 aromatic rings. The van der Waals surface area contributed by atoms with Crippen LogP contribution in [-0.4, -0.2) is 6.29 Å². The molecule has 4 atom stereocenters. The summed E-state index contributed by atoms with van der Waals surface area (Å²) in [5.41, 5.74) is 0. The van der Waals surface area contributed by atoms with Crippen LogP contribution in [0.3, 0.4) is 0 Å². The summed E-state index contributed by atoms with van der Waals surface area (Å²) in [6, 6.07) is 0. The van der Waals surface area contributed by atoms with Crippen LogP contribution in [0.1, 0.15) is 129 Å². The molecule has 0 saturated heterocycles. The molecule has 0 aromatic carbocycles. The van der Waals surface area contributed by atoms with Crippen LogP contribution in [0.5, 0.6) is 0 Å². The van der Waals surface area contributed by atoms with Gasteiger partial charge in [-0.15, -0.1) is 0 Å². The lowest BCUT2D eigenvalue weighted by molar-refractivity contribution is -0.113. The number of rotatable bonds is 13. The minimum atomic E-state index is 0.389. The Morgan fingerprint density at radius 1 is 0.692 bits per heavy atom. The molecule has 2 rings (SSSR count). The standard InChI is InChI=1S/C25H46O/c1-2-3-13-22-15-12-16-23(20-22)14-8-6-4-5-7-9-17-24-18-10-11-19-25(24)21-26/h21-25H,2-20H2,1H3. The van der Waals surface area contributed by atoms with Crippen molar-refractivity contribution in [2.45, 2.75) is 129 Å². The molecular weight excluding hydrogens is 316 g/mol. The average Bonchev–Trinajstić information content (AvgIpc) is 2.69. The molecule has 1 nitrogen and oxygen atoms in total. The maximum absolute atomic E-state index is 11.2. The van der Waals surface area contributed by atoms with Crippen LogP contribution < -0.4 is 0 Å². The van der Waals surface area contributed by atoms with E-state index in [1.807, 2.05) is 0 Å². The molecule has 1 heteroatoms. The van der Waals surface area contributed by atoms with Crippen LogP contribution in [0, 0.1) is 23.7 Å². The summed E-state index contributed by atoms with van der Waals surface area (Å²) in [7, 11) is 0. The number of aldehydes is 1. The highest BCUT2D eigenvalue weighted by molar-refractivity contribution is 5.54. The van der Waals surface area contributed by atoms with E-state index in [0.717, 1.165) is 18.3 Å². The molecule has 0 aromatic heterocycles. The SMILES string of the molecule is CCCCC1CCCC(CCCCCCCCC2CCCCC2C=O)C1. The van der Waals surface area contributed by atoms with Crippen LogP contribution in [0.25, 0.3) is 0 Å². The fraction of sp³-hybridized carbons (Fsp3) is 0.960. The van der Waals surface area contributed by atoms with Crippen molar-refractivity contribution in [3.8, 4) is 0 Å². The maximum atomic E-state index is 11.2. The van der Waals surface area contributed by atoms with Crippen molar-refractivity contribution in [3.63, 3.8) is 0 Å². The third-order valence-electron chi connectivity index (χ3n) is 7.44. The smallest absolute Gasteiger partial charge is 0.123 e. The first kappa shape index (κ1) is 22.0. The Morgan fingerprint density at radius 3 is 2.00 bits per heavy atom. The van der Waals surface area contributed by atoms with Gasteiger partial charge in [-0.25, -0.2) is 0 Å². The van der Waals surface area contributed by atoms with Gasteiger partial charge in [0, 0.05) is 5.92 Å². The summed E-state index contributed by atoms with van der Waals surface area (Å²) >= 11 is 0. The highest BCUT2D eigenvalue weighted by Crippen LogP contribution is 2.35. The van der Waals surface area contributed by atoms with Gasteiger partial charge in [-0.1, -0.05) is 103 Å². The molecule has 152 valence electrons. The Morgan fingerprint density at radius 2 is 1.31 bits per heavy atom. The molecular formula is C25H46O. The zero-order valence-corrected chi connectivity index (χ0v) is 17.7. The zero-order valence-electron chi connectivity index (χ0n) is 17.7. The molecule has 0 spiro atoms. The van der Waals surface area contributed by atoms with Crippen molar-refractivity contribution < 1.29 is 4.79 Å². The molecule has 0 radical (unpaired) electrons. The van der Waals surface area contributed by atoms with E-state index in [1.54, 1.807) is 6.42 Å². The van der Waals surface area contributed by atoms with Crippen LogP contribution in [0.15, 0.2) is 0 Å². The normalized spacial score (nSPS) is 29.6. The van der Waals surface area contributed by atoms with Gasteiger partial charge >= 0.3 is 0 Å². The Bertz CT molecular complexity index is 350. The monoisotopic (exact) mass is 362 g/mol. The van der Waals surface area contributed by atoms with E-state index in [-0.39, 0.29) is 0 Å². The minimum Gasteiger partial charge on any atom is -0.303 e. The lowest BCUT2D eigenvalue weighted by Crippen LogP contribution is -2.20. The van der Waals surface area contributed by atoms with E-state index in [2.05, 4.69) is 6.92 Å². The second-order valence-electron chi connectivity index (χ2n) is 9.58. The second kappa shape index (κ2) is 13.8. The fourth-order valence-electron chi connectivity index (χ4n) is 5.74. The van der Waals surface area contributed by atoms with E-state index in [1.165, 1.54) is 115 Å². The van der Waals surface area contributed by atoms with Crippen LogP contribution in [-0.2, 0) is 4.79 Å². The molecule has 0 aliphatic heterocycles. The van der Waals surface area contributed by atoms with E-state index < -0.39 is 0 Å². The third kappa shape index (κ3) is 8.57. The summed E-state index contributed by atoms with van der Waals surface area (Å²) in [6.45, 7) is 2.33. The predicted molar refractivity (Wildman–Crippen MR) is 113 cm³/mol. The van der Waals surface area contributed by atoms with Gasteiger partial charge in [-0.05, 0) is 43.4 Å². The highest BCUT2D eigenvalue weighted by atomic mass is 16.1. The van der Waals surface area contributed by atoms with Crippen molar-refractivity contribution in [1.82, 2.24) is 0 Å². The Balaban J connectivity index is 1.42. The molecule has 26 heavy (non-hydrogen) atoms. The molecule has 0 heterocycles. The van der Waals surface area contributed by atoms with E-state index >= 15 is 0 Å². The molecule has 2 aliphatic rings. The molecule has 0 bridgehead atoms. The Hall–Kier alpha value is -0.330. The number of carbonyl (C=O) groups is 1. The second-order valence-corrected chi connectivity index (χ2v) is 9.58. The molecule has 0 N–H and O–H groups in total. The van der Waals surface area contributed by atoms with Crippen LogP contribution in [0.2, 0.25) is 0 Å². The van der Waals surface area contributed by atoms with E-state index in [9.17, 15) is 4.79 Å². The topological polar surface area (TPSA) is 17.1 Å². The van der Waals surface area contributed by atoms with Gasteiger partial charge in [0.05, 0.1) is 0 Å². The lowest BCUT2D eigenvalue weighted by Gasteiger charge is -2.29. The Labute approximate surface area is 164 Å². The van der Waals surface area contributed by atoms with E-state index in [4.69, 9.17) is 0 Å². The van der Waals surface area contributed by atoms with Crippen LogP contribution in [0.4, 0.5) is 0 Å². The summed E-state index contributed by atoms with van der Waals surface area (Å²) in [5, 5.41) is 0. The van der Waals surface area contributed by atoms with Gasteiger partial charge in [-0.3, -0.25) is 0 Å². The van der Waals surface area contributed by atoms with Crippen molar-refractivity contribution in [2.24, 2.45) is 23.7 Å². The highest BCUT2D eigenvalue weighted by Gasteiger charge is 2.24. The molecule has 2 fully saturated rings. The van der Waals surface area contributed by atoms with Crippen molar-refractivity contribution in [2.75, 3.05) is 0 Å². The number of carbonyl (C=O) groups excluding carboxylic acids is 1. The van der Waals surface area contributed by atoms with Gasteiger partial charge in [0.15, 0.2) is 0 Å². The predicted octanol–water partition coefficient (Wildman–Crippen LogP) is 8.11. The zero-order chi connectivity index (χ0) is 18.5. The van der Waals surface area contributed by atoms with E-state index in [0.29, 0.717) is 11.8 Å². The molecule has 2 aliphatic carbocycles. The summed E-state index contributed by atoms with van der Waals surface area (Å²) in [4.78, 5) is 11.2. The first-order valence-electron chi connectivity index (χ1n) is 12.3. The quantitative estimate of drug-likeness (QED) is 0.239. The van der Waals surface area contributed by atoms with Crippen molar-refractivity contribution in [1.29, 1.82) is 0 Å². The van der Waals surface area contributed by atoms with Gasteiger partial charge in [0.2, 0.25) is 0 Å². The summed E-state index contributed by atoms with van der Waals surface area (Å²) in [6.07, 6.45) is 28.1. The van der Waals surface area contributed by atoms with Crippen molar-refractivity contribution >= 4 is 6.29 Å². The van der Waals surface area contributed by atoms with Crippen molar-refractivity contribution in [3.05, 3.63) is 0 Å². The first-order valence-corrected chi connectivity index (χ1v) is 12.3. The largest absolute Gasteiger partial charge is 0.303 e. The minimum absolute atomic E-state index is 0.389. The number of hydrogen-bond acceptors (Lipinski definition) is 1. The average molecular weight is 363 g/mol. The Kier molecular flexibility index (Phi) is 11.6. The molecule has 2 saturated carbocycles. The number of hydrogen-bond donors (Lipinski definition) is 0. The van der Waals surface area contributed by atoms with Gasteiger partial charge in [0.25, 0.3) is 0 Å². The first-order chi connectivity index (χ1) is 12.8. The summed E-state index contributed by atoms with van der Waals surface area (Å²) in [5.74, 6) is 3.22.